The average molecular weight is 333 g/mol. The van der Waals surface area contributed by atoms with E-state index in [0.717, 1.165) is 10.6 Å². The van der Waals surface area contributed by atoms with Gasteiger partial charge in [0, 0.05) is 28.5 Å². The maximum absolute atomic E-state index is 11.9. The highest BCUT2D eigenvalue weighted by atomic mass is 32.2. The number of nitrogens with one attached hydrogen (secondary N) is 3. The van der Waals surface area contributed by atoms with Gasteiger partial charge in [0.05, 0.1) is 6.42 Å². The number of benzene rings is 1. The first-order valence-electron chi connectivity index (χ1n) is 7.24. The third-order valence-corrected chi connectivity index (χ3v) is 4.37. The fourth-order valence-corrected chi connectivity index (χ4v) is 2.87. The molecule has 1 aromatic heterocycles. The Kier molecular flexibility index (Phi) is 5.81. The molecule has 1 amide bonds. The van der Waals surface area contributed by atoms with Crippen molar-refractivity contribution >= 4 is 17.7 Å². The highest BCUT2D eigenvalue weighted by molar-refractivity contribution is 7.99. The molecule has 3 N–H and O–H groups in total. The molecule has 1 atom stereocenters. The Balaban J connectivity index is 1.83. The van der Waals surface area contributed by atoms with Crippen molar-refractivity contribution in [1.82, 2.24) is 15.3 Å². The fraction of sp³-hybridized carbons (Fsp3) is 0.312. The molecule has 0 saturated heterocycles. The van der Waals surface area contributed by atoms with Crippen molar-refractivity contribution in [3.05, 3.63) is 62.4 Å². The van der Waals surface area contributed by atoms with Crippen molar-refractivity contribution in [2.75, 3.05) is 5.75 Å². The number of aromatic nitrogens is 2. The maximum atomic E-state index is 11.9. The van der Waals surface area contributed by atoms with Gasteiger partial charge in [0.1, 0.15) is 0 Å². The number of carbonyl (C=O) groups is 1. The molecule has 1 unspecified atom stereocenters. The fourth-order valence-electron chi connectivity index (χ4n) is 2.01. The van der Waals surface area contributed by atoms with Crippen LogP contribution in [0.2, 0.25) is 0 Å². The van der Waals surface area contributed by atoms with Crippen LogP contribution in [0.25, 0.3) is 0 Å². The lowest BCUT2D eigenvalue weighted by Crippen LogP contribution is -2.36. The van der Waals surface area contributed by atoms with E-state index in [4.69, 9.17) is 0 Å². The summed E-state index contributed by atoms with van der Waals surface area (Å²) in [5, 5.41) is 2.85. The van der Waals surface area contributed by atoms with Crippen LogP contribution in [0, 0.1) is 6.92 Å². The highest BCUT2D eigenvalue weighted by Crippen LogP contribution is 2.18. The van der Waals surface area contributed by atoms with Crippen LogP contribution in [0.5, 0.6) is 0 Å². The summed E-state index contributed by atoms with van der Waals surface area (Å²) in [5.74, 6) is 0.504. The van der Waals surface area contributed by atoms with Crippen LogP contribution in [0.15, 0.2) is 44.8 Å². The first-order valence-corrected chi connectivity index (χ1v) is 8.22. The van der Waals surface area contributed by atoms with Crippen LogP contribution in [0.4, 0.5) is 0 Å². The smallest absolute Gasteiger partial charge is 0.325 e. The third-order valence-electron chi connectivity index (χ3n) is 3.10. The lowest BCUT2D eigenvalue weighted by molar-refractivity contribution is -0.120. The molecule has 1 heterocycles. The molecule has 0 aliphatic rings. The van der Waals surface area contributed by atoms with Gasteiger partial charge in [-0.1, -0.05) is 17.7 Å². The van der Waals surface area contributed by atoms with Crippen molar-refractivity contribution in [3.8, 4) is 0 Å². The molecule has 0 bridgehead atoms. The molecule has 6 nitrogen and oxygen atoms in total. The Morgan fingerprint density at radius 3 is 2.57 bits per heavy atom. The van der Waals surface area contributed by atoms with Crippen molar-refractivity contribution in [2.24, 2.45) is 0 Å². The van der Waals surface area contributed by atoms with Gasteiger partial charge < -0.3 is 10.3 Å². The number of aromatic amines is 2. The van der Waals surface area contributed by atoms with Gasteiger partial charge in [0.2, 0.25) is 5.91 Å². The number of rotatable bonds is 6. The summed E-state index contributed by atoms with van der Waals surface area (Å²) in [6, 6.07) is 9.39. The van der Waals surface area contributed by atoms with E-state index in [1.54, 1.807) is 11.8 Å². The van der Waals surface area contributed by atoms with E-state index in [0.29, 0.717) is 5.69 Å². The first-order chi connectivity index (χ1) is 10.9. The Hall–Kier alpha value is -2.28. The van der Waals surface area contributed by atoms with Crippen molar-refractivity contribution in [2.45, 2.75) is 31.2 Å². The predicted octanol–water partition coefficient (Wildman–Crippen LogP) is 1.21. The van der Waals surface area contributed by atoms with E-state index in [-0.39, 0.29) is 18.4 Å². The van der Waals surface area contributed by atoms with E-state index in [9.17, 15) is 14.4 Å². The zero-order valence-electron chi connectivity index (χ0n) is 13.0. The lowest BCUT2D eigenvalue weighted by atomic mass is 10.2. The molecule has 23 heavy (non-hydrogen) atoms. The topological polar surface area (TPSA) is 94.8 Å². The minimum absolute atomic E-state index is 0.0254. The normalized spacial score (nSPS) is 11.9. The van der Waals surface area contributed by atoms with Gasteiger partial charge in [-0.05, 0) is 26.0 Å². The maximum Gasteiger partial charge on any atom is 0.325 e. The molecule has 0 aliphatic heterocycles. The Morgan fingerprint density at radius 1 is 1.22 bits per heavy atom. The summed E-state index contributed by atoms with van der Waals surface area (Å²) < 4.78 is 0. The lowest BCUT2D eigenvalue weighted by Gasteiger charge is -2.13. The number of hydrogen-bond acceptors (Lipinski definition) is 4. The minimum atomic E-state index is -0.608. The molecule has 0 aliphatic carbocycles. The first kappa shape index (κ1) is 17.1. The van der Waals surface area contributed by atoms with Gasteiger partial charge in [-0.15, -0.1) is 11.8 Å². The standard InChI is InChI=1S/C16H19N3O3S/c1-10-3-5-13(6-4-10)23-9-11(2)17-14(20)7-12-8-15(21)19-16(22)18-12/h3-6,8,11H,7,9H2,1-2H3,(H,17,20)(H2,18,19,21,22). The molecule has 2 rings (SSSR count). The molecule has 0 saturated carbocycles. The van der Waals surface area contributed by atoms with Gasteiger partial charge >= 0.3 is 5.69 Å². The SMILES string of the molecule is Cc1ccc(SCC(C)NC(=O)Cc2cc(=O)[nH]c(=O)[nH]2)cc1. The molecular weight excluding hydrogens is 314 g/mol. The van der Waals surface area contributed by atoms with Crippen LogP contribution < -0.4 is 16.6 Å². The summed E-state index contributed by atoms with van der Waals surface area (Å²) in [6.45, 7) is 3.95. The van der Waals surface area contributed by atoms with Gasteiger partial charge in [-0.2, -0.15) is 0 Å². The molecule has 2 aromatic rings. The third kappa shape index (κ3) is 5.78. The zero-order chi connectivity index (χ0) is 16.8. The summed E-state index contributed by atoms with van der Waals surface area (Å²) in [7, 11) is 0. The van der Waals surface area contributed by atoms with Crippen LogP contribution in [0.1, 0.15) is 18.2 Å². The van der Waals surface area contributed by atoms with Crippen LogP contribution in [-0.4, -0.2) is 27.7 Å². The summed E-state index contributed by atoms with van der Waals surface area (Å²) >= 11 is 1.66. The number of hydrogen-bond donors (Lipinski definition) is 3. The van der Waals surface area contributed by atoms with E-state index in [1.807, 2.05) is 13.8 Å². The van der Waals surface area contributed by atoms with Crippen molar-refractivity contribution in [1.29, 1.82) is 0 Å². The second kappa shape index (κ2) is 7.82. The molecule has 1 aromatic carbocycles. The number of amides is 1. The zero-order valence-corrected chi connectivity index (χ0v) is 13.8. The highest BCUT2D eigenvalue weighted by Gasteiger charge is 2.10. The van der Waals surface area contributed by atoms with Gasteiger partial charge in [0.25, 0.3) is 5.56 Å². The number of thioether (sulfide) groups is 1. The number of aryl methyl sites for hydroxylation is 1. The molecule has 7 heteroatoms. The van der Waals surface area contributed by atoms with Crippen molar-refractivity contribution in [3.63, 3.8) is 0 Å². The second-order valence-corrected chi connectivity index (χ2v) is 6.48. The van der Waals surface area contributed by atoms with E-state index in [1.165, 1.54) is 11.6 Å². The number of carbonyl (C=O) groups excluding carboxylic acids is 1. The molecule has 122 valence electrons. The molecular formula is C16H19N3O3S. The largest absolute Gasteiger partial charge is 0.352 e. The summed E-state index contributed by atoms with van der Waals surface area (Å²) in [5.41, 5.74) is 0.389. The van der Waals surface area contributed by atoms with Gasteiger partial charge in [-0.3, -0.25) is 14.6 Å². The van der Waals surface area contributed by atoms with E-state index < -0.39 is 11.2 Å². The monoisotopic (exact) mass is 333 g/mol. The average Bonchev–Trinajstić information content (AvgIpc) is 2.45. The minimum Gasteiger partial charge on any atom is -0.352 e. The van der Waals surface area contributed by atoms with Crippen molar-refractivity contribution < 1.29 is 4.79 Å². The van der Waals surface area contributed by atoms with Gasteiger partial charge in [-0.25, -0.2) is 4.79 Å². The Labute approximate surface area is 137 Å². The second-order valence-electron chi connectivity index (χ2n) is 5.38. The van der Waals surface area contributed by atoms with E-state index in [2.05, 4.69) is 39.6 Å². The summed E-state index contributed by atoms with van der Waals surface area (Å²) in [4.78, 5) is 39.9. The quantitative estimate of drug-likeness (QED) is 0.693. The summed E-state index contributed by atoms with van der Waals surface area (Å²) in [6.07, 6.45) is -0.0291. The Bertz CT molecular complexity index is 752. The van der Waals surface area contributed by atoms with Crippen LogP contribution >= 0.6 is 11.8 Å². The molecule has 0 fully saturated rings. The van der Waals surface area contributed by atoms with E-state index >= 15 is 0 Å². The van der Waals surface area contributed by atoms with Gasteiger partial charge in [0.15, 0.2) is 0 Å². The Morgan fingerprint density at radius 2 is 1.91 bits per heavy atom. The molecule has 0 radical (unpaired) electrons. The predicted molar refractivity (Wildman–Crippen MR) is 90.9 cm³/mol. The van der Waals surface area contributed by atoms with Crippen LogP contribution in [-0.2, 0) is 11.2 Å². The van der Waals surface area contributed by atoms with Crippen LogP contribution in [0.3, 0.4) is 0 Å². The number of H-pyrrole nitrogens is 2. The molecule has 0 spiro atoms.